The van der Waals surface area contributed by atoms with E-state index >= 15 is 0 Å². The summed E-state index contributed by atoms with van der Waals surface area (Å²) in [6.07, 6.45) is 3.64. The molecule has 0 amide bonds. The molecule has 0 saturated heterocycles. The molecule has 0 saturated carbocycles. The molecule has 0 aliphatic carbocycles. The van der Waals surface area contributed by atoms with Crippen molar-refractivity contribution in [2.45, 2.75) is 39.7 Å². The summed E-state index contributed by atoms with van der Waals surface area (Å²) in [5, 5.41) is 9.31. The minimum Gasteiger partial charge on any atom is -0.351 e. The molecule has 1 unspecified atom stereocenters. The first-order valence-electron chi connectivity index (χ1n) is 7.21. The molecule has 3 aromatic rings. The van der Waals surface area contributed by atoms with Crippen molar-refractivity contribution < 1.29 is 0 Å². The number of aryl methyl sites for hydroxylation is 2. The Morgan fingerprint density at radius 1 is 1.32 bits per heavy atom. The average Bonchev–Trinajstić information content (AvgIpc) is 3.13. The van der Waals surface area contributed by atoms with Gasteiger partial charge in [0.25, 0.3) is 5.56 Å². The Bertz CT molecular complexity index is 850. The van der Waals surface area contributed by atoms with Gasteiger partial charge in [0, 0.05) is 22.8 Å². The topological polar surface area (TPSA) is 72.2 Å². The molecule has 1 N–H and O–H groups in total. The molecule has 3 aromatic heterocycles. The molecular formula is C14H17N5OS2. The molecule has 0 radical (unpaired) electrons. The highest BCUT2D eigenvalue weighted by Gasteiger charge is 2.14. The van der Waals surface area contributed by atoms with Crippen LogP contribution in [0, 0.1) is 0 Å². The van der Waals surface area contributed by atoms with Crippen LogP contribution in [-0.4, -0.2) is 19.6 Å². The van der Waals surface area contributed by atoms with Crippen molar-refractivity contribution in [3.8, 4) is 0 Å². The summed E-state index contributed by atoms with van der Waals surface area (Å²) in [6, 6.07) is 1.58. The van der Waals surface area contributed by atoms with E-state index in [2.05, 4.69) is 27.3 Å². The molecule has 116 valence electrons. The van der Waals surface area contributed by atoms with Gasteiger partial charge in [0.05, 0.1) is 6.04 Å². The van der Waals surface area contributed by atoms with Gasteiger partial charge in [-0.2, -0.15) is 4.52 Å². The lowest BCUT2D eigenvalue weighted by Crippen LogP contribution is -2.15. The number of anilines is 1. The number of aromatic nitrogens is 4. The largest absolute Gasteiger partial charge is 0.351 e. The molecule has 3 heterocycles. The molecule has 0 aromatic carbocycles. The van der Waals surface area contributed by atoms with Gasteiger partial charge in [0.2, 0.25) is 10.1 Å². The fourth-order valence-electron chi connectivity index (χ4n) is 2.03. The second-order valence-corrected chi connectivity index (χ2v) is 7.03. The molecule has 1 atom stereocenters. The van der Waals surface area contributed by atoms with Gasteiger partial charge in [0.1, 0.15) is 5.01 Å². The van der Waals surface area contributed by atoms with Crippen molar-refractivity contribution >= 4 is 32.8 Å². The second-order valence-electron chi connectivity index (χ2n) is 4.93. The van der Waals surface area contributed by atoms with Gasteiger partial charge >= 0.3 is 0 Å². The molecule has 6 nitrogen and oxygen atoms in total. The Hall–Kier alpha value is -1.80. The normalized spacial score (nSPS) is 12.7. The number of rotatable bonds is 5. The highest BCUT2D eigenvalue weighted by atomic mass is 32.1. The summed E-state index contributed by atoms with van der Waals surface area (Å²) in [4.78, 5) is 22.7. The van der Waals surface area contributed by atoms with Gasteiger partial charge in [-0.05, 0) is 19.8 Å². The third-order valence-corrected chi connectivity index (χ3v) is 5.45. The van der Waals surface area contributed by atoms with E-state index in [0.29, 0.717) is 10.1 Å². The molecule has 0 aliphatic rings. The molecule has 3 rings (SSSR count). The van der Waals surface area contributed by atoms with Crippen LogP contribution in [0.15, 0.2) is 17.1 Å². The van der Waals surface area contributed by atoms with Crippen molar-refractivity contribution in [1.29, 1.82) is 0 Å². The standard InChI is InChI=1S/C14H17N5OS2/c1-4-9-6-11(20)19-14(17-9)22-13(18-19)16-8(3)12-15-7-10(5-2)21-12/h6-8H,4-5H2,1-3H3,(H,16,18). The Labute approximate surface area is 135 Å². The molecule has 0 spiro atoms. The van der Waals surface area contributed by atoms with E-state index in [0.717, 1.165) is 23.5 Å². The fourth-order valence-corrected chi connectivity index (χ4v) is 3.80. The van der Waals surface area contributed by atoms with Crippen molar-refractivity contribution in [1.82, 2.24) is 19.6 Å². The van der Waals surface area contributed by atoms with E-state index in [1.54, 1.807) is 11.3 Å². The summed E-state index contributed by atoms with van der Waals surface area (Å²) in [5.41, 5.74) is 0.655. The lowest BCUT2D eigenvalue weighted by Gasteiger charge is -2.08. The van der Waals surface area contributed by atoms with Crippen LogP contribution in [0.3, 0.4) is 0 Å². The van der Waals surface area contributed by atoms with Crippen LogP contribution in [0.25, 0.3) is 4.96 Å². The number of thiazole rings is 1. The first-order chi connectivity index (χ1) is 10.6. The summed E-state index contributed by atoms with van der Waals surface area (Å²) in [6.45, 7) is 6.14. The number of hydrogen-bond donors (Lipinski definition) is 1. The lowest BCUT2D eigenvalue weighted by atomic mass is 10.3. The molecule has 0 bridgehead atoms. The fraction of sp³-hybridized carbons (Fsp3) is 0.429. The van der Waals surface area contributed by atoms with Gasteiger partial charge in [-0.15, -0.1) is 16.4 Å². The van der Waals surface area contributed by atoms with E-state index in [1.165, 1.54) is 26.8 Å². The smallest absolute Gasteiger partial charge is 0.275 e. The van der Waals surface area contributed by atoms with Crippen molar-refractivity contribution in [2.75, 3.05) is 5.32 Å². The predicted molar refractivity (Wildman–Crippen MR) is 90.0 cm³/mol. The molecular weight excluding hydrogens is 318 g/mol. The van der Waals surface area contributed by atoms with E-state index < -0.39 is 0 Å². The third kappa shape index (κ3) is 2.89. The van der Waals surface area contributed by atoms with Crippen LogP contribution in [0.2, 0.25) is 0 Å². The van der Waals surface area contributed by atoms with Gasteiger partial charge < -0.3 is 5.32 Å². The summed E-state index contributed by atoms with van der Waals surface area (Å²) >= 11 is 3.08. The predicted octanol–water partition coefficient (Wildman–Crippen LogP) is 2.91. The average molecular weight is 335 g/mol. The van der Waals surface area contributed by atoms with Crippen molar-refractivity contribution in [2.24, 2.45) is 0 Å². The van der Waals surface area contributed by atoms with Crippen LogP contribution in [0.5, 0.6) is 0 Å². The van der Waals surface area contributed by atoms with E-state index in [9.17, 15) is 4.79 Å². The Morgan fingerprint density at radius 2 is 2.14 bits per heavy atom. The molecule has 22 heavy (non-hydrogen) atoms. The number of hydrogen-bond acceptors (Lipinski definition) is 7. The second kappa shape index (κ2) is 6.13. The quantitative estimate of drug-likeness (QED) is 0.776. The SMILES string of the molecule is CCc1cc(=O)n2nc(NC(C)c3ncc(CC)s3)sc2n1. The van der Waals surface area contributed by atoms with Gasteiger partial charge in [-0.25, -0.2) is 9.97 Å². The van der Waals surface area contributed by atoms with E-state index in [1.807, 2.05) is 20.0 Å². The maximum atomic E-state index is 12.0. The van der Waals surface area contributed by atoms with Crippen LogP contribution in [0.1, 0.15) is 42.4 Å². The first-order valence-corrected chi connectivity index (χ1v) is 8.85. The zero-order valence-electron chi connectivity index (χ0n) is 12.7. The Balaban J connectivity index is 1.87. The summed E-state index contributed by atoms with van der Waals surface area (Å²) in [5.74, 6) is 0. The van der Waals surface area contributed by atoms with Crippen LogP contribution in [0.4, 0.5) is 5.13 Å². The summed E-state index contributed by atoms with van der Waals surface area (Å²) in [7, 11) is 0. The Kier molecular flexibility index (Phi) is 4.21. The number of nitrogens with zero attached hydrogens (tertiary/aromatic N) is 4. The van der Waals surface area contributed by atoms with Crippen LogP contribution >= 0.6 is 22.7 Å². The van der Waals surface area contributed by atoms with Crippen LogP contribution < -0.4 is 10.9 Å². The maximum Gasteiger partial charge on any atom is 0.275 e. The Morgan fingerprint density at radius 3 is 2.82 bits per heavy atom. The lowest BCUT2D eigenvalue weighted by molar-refractivity contribution is 0.834. The minimum absolute atomic E-state index is 0.0483. The van der Waals surface area contributed by atoms with Crippen molar-refractivity contribution in [3.63, 3.8) is 0 Å². The highest BCUT2D eigenvalue weighted by molar-refractivity contribution is 7.20. The van der Waals surface area contributed by atoms with E-state index in [4.69, 9.17) is 0 Å². The van der Waals surface area contributed by atoms with Gasteiger partial charge in [-0.3, -0.25) is 4.79 Å². The number of fused-ring (bicyclic) bond motifs is 1. The first kappa shape index (κ1) is 15.1. The third-order valence-electron chi connectivity index (χ3n) is 3.29. The highest BCUT2D eigenvalue weighted by Crippen LogP contribution is 2.26. The van der Waals surface area contributed by atoms with Crippen molar-refractivity contribution in [3.05, 3.63) is 38.2 Å². The molecule has 0 fully saturated rings. The molecule has 8 heteroatoms. The zero-order chi connectivity index (χ0) is 15.7. The monoisotopic (exact) mass is 335 g/mol. The minimum atomic E-state index is -0.138. The summed E-state index contributed by atoms with van der Waals surface area (Å²) < 4.78 is 1.35. The maximum absolute atomic E-state index is 12.0. The number of nitrogens with one attached hydrogen (secondary N) is 1. The van der Waals surface area contributed by atoms with Gasteiger partial charge in [0.15, 0.2) is 0 Å². The van der Waals surface area contributed by atoms with Crippen LogP contribution in [-0.2, 0) is 12.8 Å². The van der Waals surface area contributed by atoms with E-state index in [-0.39, 0.29) is 11.6 Å². The molecule has 0 aliphatic heterocycles. The van der Waals surface area contributed by atoms with Gasteiger partial charge in [-0.1, -0.05) is 25.2 Å². The zero-order valence-corrected chi connectivity index (χ0v) is 14.3.